The van der Waals surface area contributed by atoms with Gasteiger partial charge in [0.2, 0.25) is 0 Å². The average molecular weight is 189 g/mol. The summed E-state index contributed by atoms with van der Waals surface area (Å²) in [5.41, 5.74) is 2.33. The third-order valence-corrected chi connectivity index (χ3v) is 2.36. The topological polar surface area (TPSA) is 30.7 Å². The maximum atomic E-state index is 4.54. The van der Waals surface area contributed by atoms with Crippen LogP contribution in [0.5, 0.6) is 0 Å². The lowest BCUT2D eigenvalue weighted by Gasteiger charge is -2.15. The molecule has 0 atom stereocenters. The number of fused-ring (bicyclic) bond motifs is 1. The molecule has 0 unspecified atom stereocenters. The number of aromatic nitrogens is 3. The van der Waals surface area contributed by atoms with Crippen LogP contribution in [0, 0.1) is 0 Å². The molecular formula is C11H15N3. The summed E-state index contributed by atoms with van der Waals surface area (Å²) < 4.78 is 1.91. The first-order valence-electron chi connectivity index (χ1n) is 4.77. The molecule has 0 aromatic carbocycles. The van der Waals surface area contributed by atoms with Gasteiger partial charge in [0.15, 0.2) is 0 Å². The highest BCUT2D eigenvalue weighted by Gasteiger charge is 2.21. The average Bonchev–Trinajstić information content (AvgIpc) is 2.44. The fourth-order valence-corrected chi connectivity index (χ4v) is 1.66. The minimum atomic E-state index is 0.0720. The Morgan fingerprint density at radius 2 is 2.00 bits per heavy atom. The molecule has 2 aromatic heterocycles. The molecule has 0 fully saturated rings. The Kier molecular flexibility index (Phi) is 1.84. The van der Waals surface area contributed by atoms with Gasteiger partial charge in [-0.3, -0.25) is 9.67 Å². The summed E-state index contributed by atoms with van der Waals surface area (Å²) in [5.74, 6) is 0. The Morgan fingerprint density at radius 1 is 1.29 bits per heavy atom. The second-order valence-corrected chi connectivity index (χ2v) is 4.62. The standard InChI is InChI=1S/C11H15N3/c1-11(2,3)10-8-7-12-6-5-9(8)14(4)13-10/h5-7H,1-4H3. The molecule has 0 bridgehead atoms. The van der Waals surface area contributed by atoms with Crippen molar-refractivity contribution in [3.05, 3.63) is 24.2 Å². The molecule has 0 saturated heterocycles. The van der Waals surface area contributed by atoms with Gasteiger partial charge in [0.1, 0.15) is 0 Å². The number of rotatable bonds is 0. The van der Waals surface area contributed by atoms with Crippen LogP contribution in [0.15, 0.2) is 18.5 Å². The van der Waals surface area contributed by atoms with E-state index in [0.717, 1.165) is 16.6 Å². The van der Waals surface area contributed by atoms with Gasteiger partial charge in [-0.1, -0.05) is 20.8 Å². The highest BCUT2D eigenvalue weighted by molar-refractivity contribution is 5.81. The van der Waals surface area contributed by atoms with Crippen molar-refractivity contribution in [3.63, 3.8) is 0 Å². The quantitative estimate of drug-likeness (QED) is 0.636. The molecule has 74 valence electrons. The molecule has 2 aromatic rings. The number of hydrogen-bond donors (Lipinski definition) is 0. The molecule has 3 nitrogen and oxygen atoms in total. The third-order valence-electron chi connectivity index (χ3n) is 2.36. The van der Waals surface area contributed by atoms with E-state index in [-0.39, 0.29) is 5.41 Å². The van der Waals surface area contributed by atoms with Crippen LogP contribution in [-0.2, 0) is 12.5 Å². The summed E-state index contributed by atoms with van der Waals surface area (Å²) in [5, 5.41) is 5.69. The van der Waals surface area contributed by atoms with Crippen molar-refractivity contribution < 1.29 is 0 Å². The van der Waals surface area contributed by atoms with Crippen molar-refractivity contribution in [1.29, 1.82) is 0 Å². The number of aryl methyl sites for hydroxylation is 1. The summed E-state index contributed by atoms with van der Waals surface area (Å²) in [7, 11) is 1.97. The molecule has 0 amide bonds. The van der Waals surface area contributed by atoms with Gasteiger partial charge < -0.3 is 0 Å². The maximum absolute atomic E-state index is 4.54. The van der Waals surface area contributed by atoms with Crippen LogP contribution in [0.4, 0.5) is 0 Å². The predicted octanol–water partition coefficient (Wildman–Crippen LogP) is 2.27. The minimum absolute atomic E-state index is 0.0720. The molecule has 2 heterocycles. The Hall–Kier alpha value is -1.38. The van der Waals surface area contributed by atoms with E-state index < -0.39 is 0 Å². The van der Waals surface area contributed by atoms with E-state index >= 15 is 0 Å². The van der Waals surface area contributed by atoms with Crippen molar-refractivity contribution in [2.75, 3.05) is 0 Å². The van der Waals surface area contributed by atoms with Gasteiger partial charge in [-0.2, -0.15) is 5.10 Å². The number of nitrogens with zero attached hydrogens (tertiary/aromatic N) is 3. The lowest BCUT2D eigenvalue weighted by Crippen LogP contribution is -2.12. The Labute approximate surface area is 83.8 Å². The molecule has 2 rings (SSSR count). The Balaban J connectivity index is 2.80. The highest BCUT2D eigenvalue weighted by Crippen LogP contribution is 2.27. The second kappa shape index (κ2) is 2.80. The summed E-state index contributed by atoms with van der Waals surface area (Å²) >= 11 is 0. The van der Waals surface area contributed by atoms with E-state index in [0.29, 0.717) is 0 Å². The summed E-state index contributed by atoms with van der Waals surface area (Å²) in [6, 6.07) is 2.00. The van der Waals surface area contributed by atoms with Crippen LogP contribution in [0.2, 0.25) is 0 Å². The van der Waals surface area contributed by atoms with Crippen LogP contribution >= 0.6 is 0 Å². The smallest absolute Gasteiger partial charge is 0.0772 e. The lowest BCUT2D eigenvalue weighted by molar-refractivity contribution is 0.558. The molecule has 14 heavy (non-hydrogen) atoms. The number of pyridine rings is 1. The third kappa shape index (κ3) is 1.29. The summed E-state index contributed by atoms with van der Waals surface area (Å²) in [4.78, 5) is 4.15. The van der Waals surface area contributed by atoms with Gasteiger partial charge in [-0.15, -0.1) is 0 Å². The molecule has 0 spiro atoms. The first kappa shape index (κ1) is 9.19. The van der Waals surface area contributed by atoms with Gasteiger partial charge in [-0.25, -0.2) is 0 Å². The largest absolute Gasteiger partial charge is 0.268 e. The van der Waals surface area contributed by atoms with E-state index in [2.05, 4.69) is 30.9 Å². The molecule has 0 aliphatic heterocycles. The van der Waals surface area contributed by atoms with E-state index in [1.54, 1.807) is 6.20 Å². The van der Waals surface area contributed by atoms with Crippen LogP contribution in [0.1, 0.15) is 26.5 Å². The Bertz CT molecular complexity index is 463. The van der Waals surface area contributed by atoms with Gasteiger partial charge >= 0.3 is 0 Å². The zero-order valence-electron chi connectivity index (χ0n) is 9.07. The van der Waals surface area contributed by atoms with Crippen molar-refractivity contribution in [3.8, 4) is 0 Å². The SMILES string of the molecule is Cn1nc(C(C)(C)C)c2cnccc21. The first-order valence-corrected chi connectivity index (χ1v) is 4.77. The minimum Gasteiger partial charge on any atom is -0.268 e. The molecular weight excluding hydrogens is 174 g/mol. The highest BCUT2D eigenvalue weighted by atomic mass is 15.3. The van der Waals surface area contributed by atoms with E-state index in [4.69, 9.17) is 0 Å². The van der Waals surface area contributed by atoms with Crippen molar-refractivity contribution in [2.45, 2.75) is 26.2 Å². The normalized spacial score (nSPS) is 12.3. The molecule has 3 heteroatoms. The van der Waals surface area contributed by atoms with Crippen LogP contribution in [0.3, 0.4) is 0 Å². The van der Waals surface area contributed by atoms with Crippen LogP contribution < -0.4 is 0 Å². The monoisotopic (exact) mass is 189 g/mol. The maximum Gasteiger partial charge on any atom is 0.0772 e. The van der Waals surface area contributed by atoms with Crippen molar-refractivity contribution in [2.24, 2.45) is 7.05 Å². The van der Waals surface area contributed by atoms with Crippen LogP contribution in [-0.4, -0.2) is 14.8 Å². The fourth-order valence-electron chi connectivity index (χ4n) is 1.66. The zero-order chi connectivity index (χ0) is 10.3. The van der Waals surface area contributed by atoms with Gasteiger partial charge in [0.25, 0.3) is 0 Å². The van der Waals surface area contributed by atoms with E-state index in [1.807, 2.05) is 24.0 Å². The summed E-state index contributed by atoms with van der Waals surface area (Å²) in [6.45, 7) is 6.51. The van der Waals surface area contributed by atoms with E-state index in [9.17, 15) is 0 Å². The molecule has 0 radical (unpaired) electrons. The van der Waals surface area contributed by atoms with Crippen molar-refractivity contribution in [1.82, 2.24) is 14.8 Å². The molecule has 0 aliphatic rings. The Morgan fingerprint density at radius 3 is 2.64 bits per heavy atom. The molecule has 0 saturated carbocycles. The van der Waals surface area contributed by atoms with Crippen LogP contribution in [0.25, 0.3) is 10.9 Å². The lowest BCUT2D eigenvalue weighted by atomic mass is 9.90. The van der Waals surface area contributed by atoms with Gasteiger partial charge in [0, 0.05) is 30.2 Å². The number of hydrogen-bond acceptors (Lipinski definition) is 2. The van der Waals surface area contributed by atoms with E-state index in [1.165, 1.54) is 0 Å². The van der Waals surface area contributed by atoms with Gasteiger partial charge in [0.05, 0.1) is 11.2 Å². The first-order chi connectivity index (χ1) is 6.50. The second-order valence-electron chi connectivity index (χ2n) is 4.62. The van der Waals surface area contributed by atoms with Gasteiger partial charge in [-0.05, 0) is 6.07 Å². The summed E-state index contributed by atoms with van der Waals surface area (Å²) in [6.07, 6.45) is 3.69. The predicted molar refractivity (Wildman–Crippen MR) is 57.2 cm³/mol. The molecule has 0 aliphatic carbocycles. The fraction of sp³-hybridized carbons (Fsp3) is 0.455. The molecule has 0 N–H and O–H groups in total. The zero-order valence-corrected chi connectivity index (χ0v) is 9.07. The van der Waals surface area contributed by atoms with Crippen molar-refractivity contribution >= 4 is 10.9 Å².